The molecule has 138 valence electrons. The molecule has 0 unspecified atom stereocenters. The van der Waals surface area contributed by atoms with Gasteiger partial charge in [0.25, 0.3) is 5.56 Å². The summed E-state index contributed by atoms with van der Waals surface area (Å²) in [4.78, 5) is 26.3. The molecule has 1 amide bonds. The molecule has 26 heavy (non-hydrogen) atoms. The van der Waals surface area contributed by atoms with E-state index in [1.54, 1.807) is 19.3 Å². The van der Waals surface area contributed by atoms with Gasteiger partial charge in [0.05, 0.1) is 22.8 Å². The second-order valence-corrected chi connectivity index (χ2v) is 6.83. The highest BCUT2D eigenvalue weighted by molar-refractivity contribution is 6.30. The number of nitrogens with one attached hydrogen (secondary N) is 1. The van der Waals surface area contributed by atoms with E-state index in [1.165, 1.54) is 22.9 Å². The molecular formula is C18H20ClFN4O2. The van der Waals surface area contributed by atoms with Crippen LogP contribution >= 0.6 is 11.6 Å². The van der Waals surface area contributed by atoms with Gasteiger partial charge in [0, 0.05) is 32.7 Å². The summed E-state index contributed by atoms with van der Waals surface area (Å²) in [5, 5.41) is 6.95. The lowest BCUT2D eigenvalue weighted by Crippen LogP contribution is -2.43. The van der Waals surface area contributed by atoms with E-state index < -0.39 is 5.82 Å². The van der Waals surface area contributed by atoms with Gasteiger partial charge in [-0.05, 0) is 30.5 Å². The second-order valence-electron chi connectivity index (χ2n) is 6.43. The van der Waals surface area contributed by atoms with Crippen LogP contribution in [0.5, 0.6) is 0 Å². The van der Waals surface area contributed by atoms with Crippen molar-refractivity contribution in [3.8, 4) is 0 Å². The normalized spacial score (nSPS) is 17.2. The fourth-order valence-corrected chi connectivity index (χ4v) is 3.24. The summed E-state index contributed by atoms with van der Waals surface area (Å²) in [6.45, 7) is 1.61. The van der Waals surface area contributed by atoms with Crippen molar-refractivity contribution >= 4 is 23.2 Å². The van der Waals surface area contributed by atoms with Crippen molar-refractivity contribution in [3.63, 3.8) is 0 Å². The molecule has 3 rings (SSSR count). The van der Waals surface area contributed by atoms with Crippen LogP contribution < -0.4 is 15.8 Å². The number of hydrogen-bond donors (Lipinski definition) is 1. The monoisotopic (exact) mass is 378 g/mol. The highest BCUT2D eigenvalue weighted by atomic mass is 35.5. The Bertz CT molecular complexity index is 871. The molecule has 1 fully saturated rings. The quantitative estimate of drug-likeness (QED) is 0.884. The Morgan fingerprint density at radius 1 is 1.42 bits per heavy atom. The Morgan fingerprint density at radius 3 is 2.96 bits per heavy atom. The minimum Gasteiger partial charge on any atom is -0.369 e. The number of anilines is 1. The van der Waals surface area contributed by atoms with Crippen LogP contribution in [0.25, 0.3) is 0 Å². The molecule has 2 heterocycles. The van der Waals surface area contributed by atoms with Crippen LogP contribution in [0.4, 0.5) is 10.1 Å². The first-order valence-electron chi connectivity index (χ1n) is 8.44. The lowest BCUT2D eigenvalue weighted by Gasteiger charge is -2.33. The van der Waals surface area contributed by atoms with E-state index in [0.717, 1.165) is 30.6 Å². The van der Waals surface area contributed by atoms with Gasteiger partial charge in [0.2, 0.25) is 5.91 Å². The first-order chi connectivity index (χ1) is 12.4. The number of amides is 1. The predicted octanol–water partition coefficient (Wildman–Crippen LogP) is 2.11. The van der Waals surface area contributed by atoms with Crippen LogP contribution in [0.15, 0.2) is 35.3 Å². The molecular weight excluding hydrogens is 359 g/mol. The van der Waals surface area contributed by atoms with Crippen molar-refractivity contribution in [1.29, 1.82) is 0 Å². The van der Waals surface area contributed by atoms with Crippen LogP contribution in [0.3, 0.4) is 0 Å². The molecule has 1 aromatic heterocycles. The fourth-order valence-electron chi connectivity index (χ4n) is 3.04. The van der Waals surface area contributed by atoms with Crippen molar-refractivity contribution < 1.29 is 9.18 Å². The zero-order chi connectivity index (χ0) is 18.7. The Kier molecular flexibility index (Phi) is 5.56. The molecule has 2 aromatic rings. The Morgan fingerprint density at radius 2 is 2.23 bits per heavy atom. The van der Waals surface area contributed by atoms with Crippen molar-refractivity contribution in [3.05, 3.63) is 57.2 Å². The average molecular weight is 379 g/mol. The van der Waals surface area contributed by atoms with E-state index in [9.17, 15) is 14.0 Å². The summed E-state index contributed by atoms with van der Waals surface area (Å²) in [5.41, 5.74) is 1.30. The third-order valence-electron chi connectivity index (χ3n) is 4.56. The summed E-state index contributed by atoms with van der Waals surface area (Å²) in [5.74, 6) is -0.719. The molecule has 0 spiro atoms. The molecule has 1 saturated heterocycles. The minimum absolute atomic E-state index is 0.0405. The lowest BCUT2D eigenvalue weighted by atomic mass is 9.96. The zero-order valence-electron chi connectivity index (χ0n) is 14.4. The number of carbonyl (C=O) groups is 1. The van der Waals surface area contributed by atoms with E-state index in [1.807, 2.05) is 4.90 Å². The third kappa shape index (κ3) is 4.22. The maximum atomic E-state index is 13.2. The van der Waals surface area contributed by atoms with Gasteiger partial charge in [-0.15, -0.1) is 0 Å². The fraction of sp³-hybridized carbons (Fsp3) is 0.389. The van der Waals surface area contributed by atoms with E-state index in [-0.39, 0.29) is 22.4 Å². The zero-order valence-corrected chi connectivity index (χ0v) is 15.2. The first-order valence-corrected chi connectivity index (χ1v) is 8.82. The largest absolute Gasteiger partial charge is 0.369 e. The van der Waals surface area contributed by atoms with Crippen molar-refractivity contribution in [2.75, 3.05) is 18.0 Å². The average Bonchev–Trinajstić information content (AvgIpc) is 2.65. The van der Waals surface area contributed by atoms with Gasteiger partial charge in [-0.1, -0.05) is 17.7 Å². The minimum atomic E-state index is -0.479. The number of benzene rings is 1. The van der Waals surface area contributed by atoms with E-state index in [2.05, 4.69) is 10.4 Å². The van der Waals surface area contributed by atoms with Crippen LogP contribution in [-0.2, 0) is 18.4 Å². The summed E-state index contributed by atoms with van der Waals surface area (Å²) in [7, 11) is 1.60. The molecule has 6 nitrogen and oxygen atoms in total. The molecule has 1 atom stereocenters. The van der Waals surface area contributed by atoms with Crippen LogP contribution in [-0.4, -0.2) is 28.8 Å². The van der Waals surface area contributed by atoms with Gasteiger partial charge in [-0.3, -0.25) is 9.59 Å². The van der Waals surface area contributed by atoms with Gasteiger partial charge < -0.3 is 10.2 Å². The number of piperidine rings is 1. The van der Waals surface area contributed by atoms with Crippen molar-refractivity contribution in [2.45, 2.75) is 19.4 Å². The SMILES string of the molecule is Cn1ncc(N2CCC[C@H](C(=O)NCc3ccc(F)c(Cl)c3)C2)cc1=O. The number of aromatic nitrogens is 2. The summed E-state index contributed by atoms with van der Waals surface area (Å²) in [6, 6.07) is 5.93. The lowest BCUT2D eigenvalue weighted by molar-refractivity contribution is -0.125. The first kappa shape index (κ1) is 18.4. The van der Waals surface area contributed by atoms with Crippen LogP contribution in [0, 0.1) is 11.7 Å². The number of halogens is 2. The summed E-state index contributed by atoms with van der Waals surface area (Å²) < 4.78 is 14.5. The second kappa shape index (κ2) is 7.86. The molecule has 0 saturated carbocycles. The summed E-state index contributed by atoms with van der Waals surface area (Å²) in [6.07, 6.45) is 3.28. The number of nitrogens with zero attached hydrogens (tertiary/aromatic N) is 3. The Labute approximate surface area is 155 Å². The topological polar surface area (TPSA) is 67.2 Å². The van der Waals surface area contributed by atoms with Gasteiger partial charge >= 0.3 is 0 Å². The highest BCUT2D eigenvalue weighted by Crippen LogP contribution is 2.22. The number of aryl methyl sites for hydroxylation is 1. The smallest absolute Gasteiger partial charge is 0.268 e. The molecule has 1 aliphatic rings. The molecule has 1 aliphatic heterocycles. The maximum absolute atomic E-state index is 13.2. The standard InChI is InChI=1S/C18H20ClFN4O2/c1-23-17(25)8-14(10-22-23)24-6-2-3-13(11-24)18(26)21-9-12-4-5-16(20)15(19)7-12/h4-5,7-8,10,13H,2-3,6,9,11H2,1H3,(H,21,26)/t13-/m0/s1. The van der Waals surface area contributed by atoms with Crippen molar-refractivity contribution in [1.82, 2.24) is 15.1 Å². The van der Waals surface area contributed by atoms with Crippen molar-refractivity contribution in [2.24, 2.45) is 13.0 Å². The maximum Gasteiger partial charge on any atom is 0.268 e. The van der Waals surface area contributed by atoms with Gasteiger partial charge in [0.1, 0.15) is 5.82 Å². The number of hydrogen-bond acceptors (Lipinski definition) is 4. The van der Waals surface area contributed by atoms with E-state index in [4.69, 9.17) is 11.6 Å². The third-order valence-corrected chi connectivity index (χ3v) is 4.85. The van der Waals surface area contributed by atoms with Crippen LogP contribution in [0.2, 0.25) is 5.02 Å². The molecule has 0 aliphatic carbocycles. The van der Waals surface area contributed by atoms with Gasteiger partial charge in [-0.25, -0.2) is 9.07 Å². The molecule has 0 radical (unpaired) electrons. The van der Waals surface area contributed by atoms with Gasteiger partial charge in [0.15, 0.2) is 0 Å². The number of carbonyl (C=O) groups excluding carboxylic acids is 1. The molecule has 0 bridgehead atoms. The Hall–Kier alpha value is -2.41. The molecule has 1 aromatic carbocycles. The van der Waals surface area contributed by atoms with Crippen LogP contribution in [0.1, 0.15) is 18.4 Å². The molecule has 1 N–H and O–H groups in total. The molecule has 8 heteroatoms. The summed E-state index contributed by atoms with van der Waals surface area (Å²) >= 11 is 5.76. The van der Waals surface area contributed by atoms with E-state index >= 15 is 0 Å². The van der Waals surface area contributed by atoms with Gasteiger partial charge in [-0.2, -0.15) is 5.10 Å². The number of rotatable bonds is 4. The van der Waals surface area contributed by atoms with E-state index in [0.29, 0.717) is 13.1 Å². The Balaban J connectivity index is 1.61. The highest BCUT2D eigenvalue weighted by Gasteiger charge is 2.26. The predicted molar refractivity (Wildman–Crippen MR) is 97.7 cm³/mol.